The number of phenolic OH excluding ortho intramolecular Hbond substituents is 2. The zero-order valence-corrected chi connectivity index (χ0v) is 17.1. The normalized spacial score (nSPS) is 19.0. The number of hydrogen-bond donors (Lipinski definition) is 3. The second-order valence-electron chi connectivity index (χ2n) is 8.65. The number of amides is 1. The molecule has 2 aromatic carbocycles. The molecule has 3 N–H and O–H groups in total. The van der Waals surface area contributed by atoms with E-state index in [1.165, 1.54) is 17.3 Å². The molecule has 1 aliphatic rings. The summed E-state index contributed by atoms with van der Waals surface area (Å²) in [6, 6.07) is 10.1. The number of nitrogens with one attached hydrogen (secondary N) is 1. The Bertz CT molecular complexity index is 924. The third kappa shape index (κ3) is 4.03. The Hall–Kier alpha value is -2.82. The van der Waals surface area contributed by atoms with Crippen LogP contribution >= 0.6 is 0 Å². The molecule has 0 saturated heterocycles. The zero-order valence-electron chi connectivity index (χ0n) is 17.1. The second kappa shape index (κ2) is 7.30. The van der Waals surface area contributed by atoms with Gasteiger partial charge in [0.25, 0.3) is 0 Å². The number of benzene rings is 2. The largest absolute Gasteiger partial charge is 0.508 e. The molecular formula is C23H28N2O3. The van der Waals surface area contributed by atoms with Crippen LogP contribution in [0.25, 0.3) is 0 Å². The lowest BCUT2D eigenvalue weighted by Crippen LogP contribution is -2.20. The monoisotopic (exact) mass is 380 g/mol. The van der Waals surface area contributed by atoms with Gasteiger partial charge in [0.2, 0.25) is 5.91 Å². The Morgan fingerprint density at radius 3 is 2.43 bits per heavy atom. The maximum atomic E-state index is 12.4. The molecule has 148 valence electrons. The van der Waals surface area contributed by atoms with Crippen molar-refractivity contribution in [3.05, 3.63) is 58.1 Å². The van der Waals surface area contributed by atoms with E-state index in [0.717, 1.165) is 6.42 Å². The summed E-state index contributed by atoms with van der Waals surface area (Å²) in [5.41, 5.74) is 6.71. The van der Waals surface area contributed by atoms with Crippen LogP contribution < -0.4 is 5.43 Å². The van der Waals surface area contributed by atoms with Gasteiger partial charge in [0, 0.05) is 17.0 Å². The van der Waals surface area contributed by atoms with Gasteiger partial charge >= 0.3 is 0 Å². The van der Waals surface area contributed by atoms with Crippen molar-refractivity contribution in [1.82, 2.24) is 5.43 Å². The lowest BCUT2D eigenvalue weighted by molar-refractivity contribution is -0.122. The number of hydrogen-bond acceptors (Lipinski definition) is 4. The van der Waals surface area contributed by atoms with E-state index in [-0.39, 0.29) is 34.7 Å². The van der Waals surface area contributed by atoms with E-state index in [2.05, 4.69) is 55.6 Å². The first kappa shape index (κ1) is 19.9. The van der Waals surface area contributed by atoms with Crippen molar-refractivity contribution in [2.45, 2.75) is 52.4 Å². The summed E-state index contributed by atoms with van der Waals surface area (Å²) in [5.74, 6) is 0.0474. The fourth-order valence-corrected chi connectivity index (χ4v) is 3.39. The summed E-state index contributed by atoms with van der Waals surface area (Å²) in [4.78, 5) is 12.4. The molecule has 2 aromatic rings. The van der Waals surface area contributed by atoms with Gasteiger partial charge in [-0.05, 0) is 54.4 Å². The molecule has 2 unspecified atom stereocenters. The third-order valence-electron chi connectivity index (χ3n) is 5.47. The van der Waals surface area contributed by atoms with E-state index >= 15 is 0 Å². The molecule has 1 saturated carbocycles. The Labute approximate surface area is 166 Å². The van der Waals surface area contributed by atoms with Crippen molar-refractivity contribution >= 4 is 12.1 Å². The van der Waals surface area contributed by atoms with Crippen LogP contribution in [-0.2, 0) is 10.2 Å². The van der Waals surface area contributed by atoms with Crippen LogP contribution in [0.4, 0.5) is 0 Å². The maximum absolute atomic E-state index is 12.4. The number of aromatic hydroxyl groups is 2. The molecule has 0 heterocycles. The number of aryl methyl sites for hydroxylation is 1. The van der Waals surface area contributed by atoms with E-state index in [1.807, 2.05) is 0 Å². The first-order valence-electron chi connectivity index (χ1n) is 9.55. The molecule has 3 rings (SSSR count). The van der Waals surface area contributed by atoms with Crippen molar-refractivity contribution in [1.29, 1.82) is 0 Å². The molecule has 1 fully saturated rings. The van der Waals surface area contributed by atoms with E-state index in [9.17, 15) is 15.0 Å². The molecule has 0 radical (unpaired) electrons. The standard InChI is InChI=1S/C23H28N2O3/c1-13-10-20(26)14(2)21(27)19(13)12-24-25-22(28)18-11-17(18)15-6-8-16(9-7-15)23(3,4)5/h6-10,12,17-18,26-27H,11H2,1-5H3,(H,25,28)/b24-12-. The smallest absolute Gasteiger partial charge is 0.243 e. The predicted octanol–water partition coefficient (Wildman–Crippen LogP) is 4.27. The summed E-state index contributed by atoms with van der Waals surface area (Å²) in [7, 11) is 0. The molecule has 5 nitrogen and oxygen atoms in total. The first-order valence-corrected chi connectivity index (χ1v) is 9.55. The second-order valence-corrected chi connectivity index (χ2v) is 8.65. The molecule has 5 heteroatoms. The average molecular weight is 380 g/mol. The van der Waals surface area contributed by atoms with Crippen molar-refractivity contribution in [2.75, 3.05) is 0 Å². The Kier molecular flexibility index (Phi) is 5.20. The van der Waals surface area contributed by atoms with Crippen molar-refractivity contribution in [2.24, 2.45) is 11.0 Å². The molecule has 1 aliphatic carbocycles. The number of hydrazone groups is 1. The van der Waals surface area contributed by atoms with Crippen LogP contribution in [0.2, 0.25) is 0 Å². The van der Waals surface area contributed by atoms with E-state index < -0.39 is 0 Å². The highest BCUT2D eigenvalue weighted by Gasteiger charge is 2.44. The minimum atomic E-state index is -0.117. The third-order valence-corrected chi connectivity index (χ3v) is 5.47. The molecular weight excluding hydrogens is 352 g/mol. The highest BCUT2D eigenvalue weighted by atomic mass is 16.3. The molecule has 0 bridgehead atoms. The van der Waals surface area contributed by atoms with Gasteiger partial charge in [-0.3, -0.25) is 4.79 Å². The molecule has 28 heavy (non-hydrogen) atoms. The zero-order chi connectivity index (χ0) is 20.6. The van der Waals surface area contributed by atoms with Crippen molar-refractivity contribution in [3.63, 3.8) is 0 Å². The first-order chi connectivity index (χ1) is 13.1. The van der Waals surface area contributed by atoms with Crippen molar-refractivity contribution < 1.29 is 15.0 Å². The van der Waals surface area contributed by atoms with E-state index in [4.69, 9.17) is 0 Å². The van der Waals surface area contributed by atoms with E-state index in [1.54, 1.807) is 19.9 Å². The summed E-state index contributed by atoms with van der Waals surface area (Å²) in [5, 5.41) is 23.9. The lowest BCUT2D eigenvalue weighted by atomic mass is 9.86. The molecule has 0 aromatic heterocycles. The number of nitrogens with zero attached hydrogens (tertiary/aromatic N) is 1. The maximum Gasteiger partial charge on any atom is 0.243 e. The van der Waals surface area contributed by atoms with Crippen LogP contribution in [0.1, 0.15) is 60.9 Å². The molecule has 2 atom stereocenters. The van der Waals surface area contributed by atoms with Crippen LogP contribution in [0.5, 0.6) is 11.5 Å². The predicted molar refractivity (Wildman–Crippen MR) is 111 cm³/mol. The topological polar surface area (TPSA) is 81.9 Å². The fourth-order valence-electron chi connectivity index (χ4n) is 3.39. The van der Waals surface area contributed by atoms with Crippen LogP contribution in [0.15, 0.2) is 35.4 Å². The Morgan fingerprint density at radius 2 is 1.82 bits per heavy atom. The number of carbonyl (C=O) groups is 1. The van der Waals surface area contributed by atoms with Gasteiger partial charge in [-0.15, -0.1) is 0 Å². The minimum absolute atomic E-state index is 0.0289. The van der Waals surface area contributed by atoms with Crippen LogP contribution in [-0.4, -0.2) is 22.3 Å². The van der Waals surface area contributed by atoms with Gasteiger partial charge in [-0.2, -0.15) is 5.10 Å². The molecule has 0 aliphatic heterocycles. The number of carbonyl (C=O) groups excluding carboxylic acids is 1. The number of phenols is 2. The summed E-state index contributed by atoms with van der Waals surface area (Å²) in [6.45, 7) is 9.94. The highest BCUT2D eigenvalue weighted by molar-refractivity contribution is 5.89. The summed E-state index contributed by atoms with van der Waals surface area (Å²) in [6.07, 6.45) is 2.24. The van der Waals surface area contributed by atoms with Gasteiger partial charge in [-0.1, -0.05) is 45.0 Å². The van der Waals surface area contributed by atoms with Crippen molar-refractivity contribution in [3.8, 4) is 11.5 Å². The summed E-state index contributed by atoms with van der Waals surface area (Å²) >= 11 is 0. The van der Waals surface area contributed by atoms with Gasteiger partial charge in [-0.25, -0.2) is 5.43 Å². The van der Waals surface area contributed by atoms with Gasteiger partial charge in [0.1, 0.15) is 11.5 Å². The van der Waals surface area contributed by atoms with Gasteiger partial charge in [0.15, 0.2) is 0 Å². The average Bonchev–Trinajstić information content (AvgIpc) is 3.43. The van der Waals surface area contributed by atoms with Crippen LogP contribution in [0.3, 0.4) is 0 Å². The number of rotatable bonds is 4. The fraction of sp³-hybridized carbons (Fsp3) is 0.391. The molecule has 1 amide bonds. The van der Waals surface area contributed by atoms with Crippen LogP contribution in [0, 0.1) is 19.8 Å². The van der Waals surface area contributed by atoms with E-state index in [0.29, 0.717) is 16.7 Å². The lowest BCUT2D eigenvalue weighted by Gasteiger charge is -2.19. The highest BCUT2D eigenvalue weighted by Crippen LogP contribution is 2.47. The Morgan fingerprint density at radius 1 is 1.18 bits per heavy atom. The van der Waals surface area contributed by atoms with Gasteiger partial charge < -0.3 is 10.2 Å². The van der Waals surface area contributed by atoms with Gasteiger partial charge in [0.05, 0.1) is 6.21 Å². The quantitative estimate of drug-likeness (QED) is 0.547. The minimum Gasteiger partial charge on any atom is -0.508 e. The summed E-state index contributed by atoms with van der Waals surface area (Å²) < 4.78 is 0. The Balaban J connectivity index is 1.62. The SMILES string of the molecule is Cc1cc(O)c(C)c(O)c1/C=N\NC(=O)C1CC1c1ccc(C(C)(C)C)cc1. The molecule has 0 spiro atoms.